The molecular weight excluding hydrogens is 374 g/mol. The van der Waals surface area contributed by atoms with Gasteiger partial charge in [-0.05, 0) is 43.9 Å². The normalized spacial score (nSPS) is 36.7. The van der Waals surface area contributed by atoms with Crippen LogP contribution in [0.4, 0.5) is 8.78 Å². The van der Waals surface area contributed by atoms with E-state index in [0.717, 1.165) is 38.2 Å². The maximum absolute atomic E-state index is 15.2. The highest BCUT2D eigenvalue weighted by molar-refractivity contribution is 6.33. The molecular formula is C20H21ClF2N2O2. The number of amides is 2. The van der Waals surface area contributed by atoms with Crippen molar-refractivity contribution in [3.63, 3.8) is 0 Å². The lowest BCUT2D eigenvalue weighted by molar-refractivity contribution is -0.145. The van der Waals surface area contributed by atoms with Crippen molar-refractivity contribution in [2.75, 3.05) is 13.1 Å². The summed E-state index contributed by atoms with van der Waals surface area (Å²) in [6, 6.07) is 3.44. The van der Waals surface area contributed by atoms with Crippen LogP contribution in [-0.4, -0.2) is 52.5 Å². The van der Waals surface area contributed by atoms with Crippen molar-refractivity contribution in [1.82, 2.24) is 9.80 Å². The zero-order valence-electron chi connectivity index (χ0n) is 14.8. The lowest BCUT2D eigenvalue weighted by atomic mass is 10.0. The summed E-state index contributed by atoms with van der Waals surface area (Å²) in [5, 5.41) is 0.0827. The summed E-state index contributed by atoms with van der Waals surface area (Å²) in [6.45, 7) is 0.750. The van der Waals surface area contributed by atoms with Crippen molar-refractivity contribution in [2.45, 2.75) is 49.9 Å². The van der Waals surface area contributed by atoms with E-state index in [2.05, 4.69) is 0 Å². The number of hydrogen-bond donors (Lipinski definition) is 0. The fourth-order valence-corrected chi connectivity index (χ4v) is 5.88. The Balaban J connectivity index is 1.33. The van der Waals surface area contributed by atoms with Crippen LogP contribution in [0.2, 0.25) is 5.02 Å². The van der Waals surface area contributed by atoms with Gasteiger partial charge in [0.05, 0.1) is 10.6 Å². The van der Waals surface area contributed by atoms with E-state index in [-0.39, 0.29) is 46.3 Å². The third kappa shape index (κ3) is 2.45. The third-order valence-electron chi connectivity index (χ3n) is 6.98. The van der Waals surface area contributed by atoms with Gasteiger partial charge < -0.3 is 9.80 Å². The number of benzene rings is 1. The Labute approximate surface area is 161 Å². The topological polar surface area (TPSA) is 40.6 Å². The standard InChI is InChI=1S/C20H21ClF2N2O2/c21-17-8-11(22)4-7-14(17)18(26)24-9-12-5-6-13(10-24)25(12)19(27)20(23)15-2-1-3-16(15)20/h4,7-8,12-13,15-16H,1-3,5-6,9-10H2/t12-,13+,15?,16?,20?. The molecule has 0 radical (unpaired) electrons. The number of hydrogen-bond acceptors (Lipinski definition) is 2. The highest BCUT2D eigenvalue weighted by atomic mass is 35.5. The molecule has 2 bridgehead atoms. The molecule has 4 atom stereocenters. The summed E-state index contributed by atoms with van der Waals surface area (Å²) in [7, 11) is 0. The van der Waals surface area contributed by atoms with Crippen molar-refractivity contribution in [1.29, 1.82) is 0 Å². The van der Waals surface area contributed by atoms with Gasteiger partial charge in [0.2, 0.25) is 0 Å². The number of rotatable bonds is 2. The average Bonchev–Trinajstić information content (AvgIpc) is 2.96. The van der Waals surface area contributed by atoms with E-state index in [1.165, 1.54) is 12.1 Å². The first kappa shape index (κ1) is 17.4. The quantitative estimate of drug-likeness (QED) is 0.771. The van der Waals surface area contributed by atoms with Crippen LogP contribution in [0.1, 0.15) is 42.5 Å². The monoisotopic (exact) mass is 394 g/mol. The molecule has 1 aromatic carbocycles. The van der Waals surface area contributed by atoms with Crippen molar-refractivity contribution < 1.29 is 18.4 Å². The van der Waals surface area contributed by atoms with Crippen LogP contribution in [-0.2, 0) is 4.79 Å². The number of nitrogens with zero attached hydrogens (tertiary/aromatic N) is 2. The zero-order chi connectivity index (χ0) is 18.9. The molecule has 2 unspecified atom stereocenters. The number of likely N-dealkylation sites (tertiary alicyclic amines) is 1. The maximum atomic E-state index is 15.2. The molecule has 2 saturated carbocycles. The summed E-state index contributed by atoms with van der Waals surface area (Å²) < 4.78 is 28.5. The number of fused-ring (bicyclic) bond motifs is 3. The van der Waals surface area contributed by atoms with Crippen molar-refractivity contribution in [3.8, 4) is 0 Å². The van der Waals surface area contributed by atoms with Gasteiger partial charge in [0.15, 0.2) is 5.67 Å². The van der Waals surface area contributed by atoms with E-state index < -0.39 is 11.5 Å². The van der Waals surface area contributed by atoms with E-state index in [1.54, 1.807) is 9.80 Å². The highest BCUT2D eigenvalue weighted by Gasteiger charge is 2.74. The zero-order valence-corrected chi connectivity index (χ0v) is 15.6. The predicted molar refractivity (Wildman–Crippen MR) is 95.6 cm³/mol. The second kappa shape index (κ2) is 5.90. The Hall–Kier alpha value is -1.69. The van der Waals surface area contributed by atoms with Gasteiger partial charge in [-0.2, -0.15) is 0 Å². The van der Waals surface area contributed by atoms with Crippen LogP contribution in [0.3, 0.4) is 0 Å². The van der Waals surface area contributed by atoms with Gasteiger partial charge in [-0.1, -0.05) is 18.0 Å². The fraction of sp³-hybridized carbons (Fsp3) is 0.600. The molecule has 4 fully saturated rings. The molecule has 0 spiro atoms. The lowest BCUT2D eigenvalue weighted by Crippen LogP contribution is -2.59. The maximum Gasteiger partial charge on any atom is 0.261 e. The SMILES string of the molecule is O=C(c1ccc(F)cc1Cl)N1C[C@H]2CC[C@@H](C1)N2C(=O)C1(F)C2CCCC21. The fourth-order valence-electron chi connectivity index (χ4n) is 5.63. The number of halogens is 3. The molecule has 4 aliphatic rings. The minimum absolute atomic E-state index is 0.0827. The van der Waals surface area contributed by atoms with Gasteiger partial charge in [0.1, 0.15) is 5.82 Å². The first-order valence-electron chi connectivity index (χ1n) is 9.67. The lowest BCUT2D eigenvalue weighted by Gasteiger charge is -2.42. The number of carbonyl (C=O) groups is 2. The molecule has 2 amide bonds. The van der Waals surface area contributed by atoms with Gasteiger partial charge >= 0.3 is 0 Å². The molecule has 0 aromatic heterocycles. The third-order valence-corrected chi connectivity index (χ3v) is 7.29. The Bertz CT molecular complexity index is 808. The Morgan fingerprint density at radius 1 is 1.07 bits per heavy atom. The minimum Gasteiger partial charge on any atom is -0.334 e. The van der Waals surface area contributed by atoms with E-state index in [1.807, 2.05) is 0 Å². The largest absolute Gasteiger partial charge is 0.334 e. The Kier molecular flexibility index (Phi) is 3.81. The first-order valence-corrected chi connectivity index (χ1v) is 10.0. The van der Waals surface area contributed by atoms with Crippen LogP contribution in [0.15, 0.2) is 18.2 Å². The smallest absolute Gasteiger partial charge is 0.261 e. The van der Waals surface area contributed by atoms with Crippen LogP contribution >= 0.6 is 11.6 Å². The van der Waals surface area contributed by atoms with Gasteiger partial charge in [-0.3, -0.25) is 9.59 Å². The molecule has 2 aliphatic heterocycles. The van der Waals surface area contributed by atoms with Crippen molar-refractivity contribution in [2.24, 2.45) is 11.8 Å². The first-order chi connectivity index (χ1) is 12.9. The Morgan fingerprint density at radius 3 is 2.30 bits per heavy atom. The molecule has 27 heavy (non-hydrogen) atoms. The summed E-state index contributed by atoms with van der Waals surface area (Å²) in [4.78, 5) is 29.2. The molecule has 2 saturated heterocycles. The predicted octanol–water partition coefficient (Wildman–Crippen LogP) is 3.43. The molecule has 144 valence electrons. The minimum atomic E-state index is -1.66. The van der Waals surface area contributed by atoms with E-state index >= 15 is 4.39 Å². The Morgan fingerprint density at radius 2 is 1.70 bits per heavy atom. The van der Waals surface area contributed by atoms with Gasteiger partial charge in [0, 0.05) is 37.0 Å². The molecule has 2 heterocycles. The van der Waals surface area contributed by atoms with E-state index in [9.17, 15) is 14.0 Å². The molecule has 1 aromatic rings. The number of alkyl halides is 1. The van der Waals surface area contributed by atoms with Gasteiger partial charge in [0.25, 0.3) is 11.8 Å². The summed E-state index contributed by atoms with van der Waals surface area (Å²) in [5.74, 6) is -1.29. The second-order valence-electron chi connectivity index (χ2n) is 8.34. The van der Waals surface area contributed by atoms with Crippen LogP contribution in [0.5, 0.6) is 0 Å². The van der Waals surface area contributed by atoms with Gasteiger partial charge in [-0.15, -0.1) is 0 Å². The van der Waals surface area contributed by atoms with Crippen molar-refractivity contribution >= 4 is 23.4 Å². The second-order valence-corrected chi connectivity index (χ2v) is 8.75. The average molecular weight is 395 g/mol. The molecule has 5 rings (SSSR count). The summed E-state index contributed by atoms with van der Waals surface area (Å²) in [5.41, 5.74) is -1.40. The van der Waals surface area contributed by atoms with Crippen LogP contribution in [0.25, 0.3) is 0 Å². The highest BCUT2D eigenvalue weighted by Crippen LogP contribution is 2.64. The molecule has 0 N–H and O–H groups in total. The molecule has 2 aliphatic carbocycles. The summed E-state index contributed by atoms with van der Waals surface area (Å²) in [6.07, 6.45) is 4.20. The van der Waals surface area contributed by atoms with E-state index in [0.29, 0.717) is 13.1 Å². The molecule has 7 heteroatoms. The van der Waals surface area contributed by atoms with Crippen LogP contribution in [0, 0.1) is 17.7 Å². The summed E-state index contributed by atoms with van der Waals surface area (Å²) >= 11 is 6.03. The van der Waals surface area contributed by atoms with Gasteiger partial charge in [-0.25, -0.2) is 8.78 Å². The number of piperazine rings is 1. The molecule has 4 nitrogen and oxygen atoms in total. The van der Waals surface area contributed by atoms with Crippen molar-refractivity contribution in [3.05, 3.63) is 34.6 Å². The van der Waals surface area contributed by atoms with E-state index in [4.69, 9.17) is 11.6 Å². The van der Waals surface area contributed by atoms with Crippen LogP contribution < -0.4 is 0 Å². The number of carbonyl (C=O) groups excluding carboxylic acids is 2.